The molecule has 0 N–H and O–H groups in total. The maximum Gasteiger partial charge on any atom is 0.280 e. The Morgan fingerprint density at radius 1 is 1.36 bits per heavy atom. The smallest absolute Gasteiger partial charge is 0.280 e. The second kappa shape index (κ2) is 3.19. The van der Waals surface area contributed by atoms with Crippen molar-refractivity contribution in [3.8, 4) is 0 Å². The fraction of sp³-hybridized carbons (Fsp3) is 0.222. The summed E-state index contributed by atoms with van der Waals surface area (Å²) in [4.78, 5) is 21.5. The summed E-state index contributed by atoms with van der Waals surface area (Å²) < 4.78 is 4.97. The molecule has 1 aromatic rings. The van der Waals surface area contributed by atoms with Crippen LogP contribution in [-0.2, 0) is 11.3 Å². The predicted molar refractivity (Wildman–Crippen MR) is 47.1 cm³/mol. The Bertz CT molecular complexity index is 413. The van der Waals surface area contributed by atoms with Gasteiger partial charge in [0.05, 0.1) is 11.5 Å². The lowest BCUT2D eigenvalue weighted by Gasteiger charge is -2.14. The zero-order chi connectivity index (χ0) is 10.1. The highest BCUT2D eigenvalue weighted by molar-refractivity contribution is 6.02. The van der Waals surface area contributed by atoms with Gasteiger partial charge in [0.15, 0.2) is 5.78 Å². The quantitative estimate of drug-likeness (QED) is 0.498. The van der Waals surface area contributed by atoms with E-state index in [1.165, 1.54) is 6.07 Å². The first-order valence-electron chi connectivity index (χ1n) is 4.07. The molecule has 1 aliphatic rings. The van der Waals surface area contributed by atoms with Crippen LogP contribution in [0.2, 0.25) is 0 Å². The molecule has 0 saturated carbocycles. The average molecular weight is 193 g/mol. The van der Waals surface area contributed by atoms with E-state index < -0.39 is 4.92 Å². The predicted octanol–water partition coefficient (Wildman–Crippen LogP) is 1.31. The van der Waals surface area contributed by atoms with Crippen molar-refractivity contribution < 1.29 is 14.5 Å². The Labute approximate surface area is 79.4 Å². The molecule has 0 unspecified atom stereocenters. The van der Waals surface area contributed by atoms with Crippen molar-refractivity contribution in [1.82, 2.24) is 0 Å². The number of carbonyl (C=O) groups excluding carboxylic acids is 1. The topological polar surface area (TPSA) is 69.4 Å². The van der Waals surface area contributed by atoms with E-state index in [1.807, 2.05) is 0 Å². The Hall–Kier alpha value is -1.75. The van der Waals surface area contributed by atoms with Crippen LogP contribution < -0.4 is 0 Å². The van der Waals surface area contributed by atoms with Crippen LogP contribution in [0.5, 0.6) is 0 Å². The van der Waals surface area contributed by atoms with E-state index in [-0.39, 0.29) is 30.2 Å². The van der Waals surface area contributed by atoms with Gasteiger partial charge in [0.2, 0.25) is 0 Å². The number of benzene rings is 1. The van der Waals surface area contributed by atoms with Crippen LogP contribution >= 0.6 is 0 Å². The summed E-state index contributed by atoms with van der Waals surface area (Å²) in [7, 11) is 0. The summed E-state index contributed by atoms with van der Waals surface area (Å²) in [6.45, 7) is 0.195. The molecule has 0 radical (unpaired) electrons. The standard InChI is InChI=1S/C9H7NO4/c11-8-5-14-4-6-2-1-3-7(9(6)8)10(12)13/h1-3H,4-5H2. The minimum atomic E-state index is -0.540. The van der Waals surface area contributed by atoms with E-state index in [4.69, 9.17) is 4.74 Å². The normalized spacial score (nSPS) is 15.0. The van der Waals surface area contributed by atoms with Crippen LogP contribution in [0.3, 0.4) is 0 Å². The Morgan fingerprint density at radius 3 is 2.86 bits per heavy atom. The zero-order valence-electron chi connectivity index (χ0n) is 7.23. The second-order valence-corrected chi connectivity index (χ2v) is 2.98. The molecule has 0 aromatic heterocycles. The van der Waals surface area contributed by atoms with Crippen molar-refractivity contribution >= 4 is 11.5 Å². The van der Waals surface area contributed by atoms with Gasteiger partial charge in [0.25, 0.3) is 5.69 Å². The molecule has 14 heavy (non-hydrogen) atoms. The van der Waals surface area contributed by atoms with Gasteiger partial charge in [-0.3, -0.25) is 14.9 Å². The van der Waals surface area contributed by atoms with E-state index in [2.05, 4.69) is 0 Å². The van der Waals surface area contributed by atoms with Crippen molar-refractivity contribution in [2.75, 3.05) is 6.61 Å². The van der Waals surface area contributed by atoms with E-state index in [0.717, 1.165) is 0 Å². The molecule has 0 bridgehead atoms. The highest BCUT2D eigenvalue weighted by Gasteiger charge is 2.26. The molecular weight excluding hydrogens is 186 g/mol. The largest absolute Gasteiger partial charge is 0.369 e. The lowest BCUT2D eigenvalue weighted by molar-refractivity contribution is -0.385. The number of nitrogens with zero attached hydrogens (tertiary/aromatic N) is 1. The zero-order valence-corrected chi connectivity index (χ0v) is 7.23. The molecule has 1 aromatic carbocycles. The fourth-order valence-electron chi connectivity index (χ4n) is 1.51. The molecule has 0 saturated heterocycles. The van der Waals surface area contributed by atoms with E-state index in [9.17, 15) is 14.9 Å². The minimum Gasteiger partial charge on any atom is -0.369 e. The van der Waals surface area contributed by atoms with Gasteiger partial charge in [0, 0.05) is 6.07 Å². The average Bonchev–Trinajstić information content (AvgIpc) is 2.17. The molecule has 1 aliphatic heterocycles. The van der Waals surface area contributed by atoms with Gasteiger partial charge >= 0.3 is 0 Å². The van der Waals surface area contributed by atoms with Crippen molar-refractivity contribution in [1.29, 1.82) is 0 Å². The van der Waals surface area contributed by atoms with Crippen LogP contribution in [0.1, 0.15) is 15.9 Å². The summed E-state index contributed by atoms with van der Waals surface area (Å²) in [5, 5.41) is 10.6. The third kappa shape index (κ3) is 1.27. The van der Waals surface area contributed by atoms with Crippen molar-refractivity contribution in [3.05, 3.63) is 39.4 Å². The molecule has 0 atom stereocenters. The SMILES string of the molecule is O=C1COCc2cccc([N+](=O)[O-])c21. The van der Waals surface area contributed by atoms with Crippen molar-refractivity contribution in [2.24, 2.45) is 0 Å². The second-order valence-electron chi connectivity index (χ2n) is 2.98. The van der Waals surface area contributed by atoms with Gasteiger partial charge in [0.1, 0.15) is 12.2 Å². The molecule has 5 nitrogen and oxygen atoms in total. The number of carbonyl (C=O) groups is 1. The monoisotopic (exact) mass is 193 g/mol. The molecule has 0 fully saturated rings. The van der Waals surface area contributed by atoms with Gasteiger partial charge in [-0.2, -0.15) is 0 Å². The number of fused-ring (bicyclic) bond motifs is 1. The number of rotatable bonds is 1. The number of Topliss-reactive ketones (excluding diaryl/α,β-unsaturated/α-hetero) is 1. The van der Waals surface area contributed by atoms with Crippen LogP contribution in [0.4, 0.5) is 5.69 Å². The van der Waals surface area contributed by atoms with Gasteiger partial charge in [-0.05, 0) is 5.56 Å². The number of nitro benzene ring substituents is 1. The Kier molecular flexibility index (Phi) is 2.01. The first-order valence-corrected chi connectivity index (χ1v) is 4.07. The molecule has 0 amide bonds. The Morgan fingerprint density at radius 2 is 2.14 bits per heavy atom. The lowest BCUT2D eigenvalue weighted by Crippen LogP contribution is -2.19. The van der Waals surface area contributed by atoms with Gasteiger partial charge in [-0.1, -0.05) is 12.1 Å². The molecule has 72 valence electrons. The van der Waals surface area contributed by atoms with Gasteiger partial charge in [-0.15, -0.1) is 0 Å². The summed E-state index contributed by atoms with van der Waals surface area (Å²) >= 11 is 0. The maximum absolute atomic E-state index is 11.4. The Balaban J connectivity index is 2.63. The minimum absolute atomic E-state index is 0.0716. The van der Waals surface area contributed by atoms with Crippen molar-refractivity contribution in [3.63, 3.8) is 0 Å². The fourth-order valence-corrected chi connectivity index (χ4v) is 1.51. The van der Waals surface area contributed by atoms with E-state index >= 15 is 0 Å². The highest BCUT2D eigenvalue weighted by atomic mass is 16.6. The number of ketones is 1. The molecular formula is C9H7NO4. The summed E-state index contributed by atoms with van der Waals surface area (Å²) in [5.41, 5.74) is 0.662. The molecule has 5 heteroatoms. The first kappa shape index (κ1) is 8.83. The third-order valence-electron chi connectivity index (χ3n) is 2.10. The van der Waals surface area contributed by atoms with Crippen LogP contribution in [-0.4, -0.2) is 17.3 Å². The van der Waals surface area contributed by atoms with Crippen LogP contribution in [0.15, 0.2) is 18.2 Å². The number of nitro groups is 1. The third-order valence-corrected chi connectivity index (χ3v) is 2.10. The van der Waals surface area contributed by atoms with Crippen LogP contribution in [0, 0.1) is 10.1 Å². The van der Waals surface area contributed by atoms with E-state index in [0.29, 0.717) is 5.56 Å². The summed E-state index contributed by atoms with van der Waals surface area (Å²) in [6, 6.07) is 4.56. The van der Waals surface area contributed by atoms with E-state index in [1.54, 1.807) is 12.1 Å². The number of ether oxygens (including phenoxy) is 1. The molecule has 1 heterocycles. The molecule has 2 rings (SSSR count). The summed E-state index contributed by atoms with van der Waals surface area (Å²) in [6.07, 6.45) is 0. The maximum atomic E-state index is 11.4. The summed E-state index contributed by atoms with van der Waals surface area (Å²) in [5.74, 6) is -0.321. The van der Waals surface area contributed by atoms with Gasteiger partial charge in [-0.25, -0.2) is 0 Å². The first-order chi connectivity index (χ1) is 6.70. The molecule has 0 aliphatic carbocycles. The van der Waals surface area contributed by atoms with Gasteiger partial charge < -0.3 is 4.74 Å². The molecule has 0 spiro atoms. The number of hydrogen-bond acceptors (Lipinski definition) is 4. The highest BCUT2D eigenvalue weighted by Crippen LogP contribution is 2.26. The van der Waals surface area contributed by atoms with Crippen molar-refractivity contribution in [2.45, 2.75) is 6.61 Å². The van der Waals surface area contributed by atoms with Crippen LogP contribution in [0.25, 0.3) is 0 Å². The lowest BCUT2D eigenvalue weighted by atomic mass is 10.0. The number of hydrogen-bond donors (Lipinski definition) is 0.